The minimum absolute atomic E-state index is 0.151. The highest BCUT2D eigenvalue weighted by Crippen LogP contribution is 2.09. The number of benzene rings is 1. The molecule has 106 valence electrons. The summed E-state index contributed by atoms with van der Waals surface area (Å²) in [6.07, 6.45) is 1.06. The highest BCUT2D eigenvalue weighted by atomic mass is 16.5. The molecular weight excluding hydrogens is 260 g/mol. The Hall–Kier alpha value is -2.34. The quantitative estimate of drug-likeness (QED) is 0.551. The van der Waals surface area contributed by atoms with E-state index in [9.17, 15) is 9.59 Å². The molecule has 6 heteroatoms. The maximum Gasteiger partial charge on any atom is 0.258 e. The van der Waals surface area contributed by atoms with Gasteiger partial charge in [0.2, 0.25) is 5.91 Å². The van der Waals surface area contributed by atoms with E-state index in [0.717, 1.165) is 0 Å². The van der Waals surface area contributed by atoms with Crippen LogP contribution in [0.25, 0.3) is 0 Å². The van der Waals surface area contributed by atoms with Gasteiger partial charge in [-0.15, -0.1) is 6.58 Å². The van der Waals surface area contributed by atoms with Gasteiger partial charge in [0.05, 0.1) is 6.61 Å². The zero-order valence-corrected chi connectivity index (χ0v) is 10.9. The lowest BCUT2D eigenvalue weighted by molar-refractivity contribution is -0.149. The van der Waals surface area contributed by atoms with Gasteiger partial charge >= 0.3 is 0 Å². The van der Waals surface area contributed by atoms with Crippen molar-refractivity contribution >= 4 is 11.8 Å². The monoisotopic (exact) mass is 276 g/mol. The molecule has 1 saturated heterocycles. The van der Waals surface area contributed by atoms with Crippen molar-refractivity contribution in [2.75, 3.05) is 13.2 Å². The van der Waals surface area contributed by atoms with Crippen LogP contribution in [0.3, 0.4) is 0 Å². The number of amides is 2. The summed E-state index contributed by atoms with van der Waals surface area (Å²) < 4.78 is 10.6. The molecule has 0 unspecified atom stereocenters. The van der Waals surface area contributed by atoms with Crippen molar-refractivity contribution in [3.05, 3.63) is 43.0 Å². The summed E-state index contributed by atoms with van der Waals surface area (Å²) in [6, 6.07) is 8.30. The molecule has 1 fully saturated rings. The van der Waals surface area contributed by atoms with Gasteiger partial charge in [-0.25, -0.2) is 0 Å². The van der Waals surface area contributed by atoms with E-state index in [1.165, 1.54) is 0 Å². The van der Waals surface area contributed by atoms with Crippen LogP contribution in [0.2, 0.25) is 0 Å². The Labute approximate surface area is 116 Å². The second kappa shape index (κ2) is 6.72. The zero-order chi connectivity index (χ0) is 14.4. The topological polar surface area (TPSA) is 76.7 Å². The third-order valence-corrected chi connectivity index (χ3v) is 2.69. The van der Waals surface area contributed by atoms with Crippen LogP contribution >= 0.6 is 0 Å². The summed E-state index contributed by atoms with van der Waals surface area (Å²) >= 11 is 0. The lowest BCUT2D eigenvalue weighted by Gasteiger charge is -2.36. The van der Waals surface area contributed by atoms with Gasteiger partial charge in [0.1, 0.15) is 5.75 Å². The standard InChI is InChI=1S/C14H16N2O4/c1-2-8-19-14-12(13(18)16-14)15-11(17)9-20-10-6-4-3-5-7-10/h2-7,12,14H,1,8-9H2,(H,15,17)(H,16,18)/t12-,14+/m1/s1. The number of carbonyl (C=O) groups is 2. The van der Waals surface area contributed by atoms with Gasteiger partial charge < -0.3 is 20.1 Å². The molecule has 20 heavy (non-hydrogen) atoms. The van der Waals surface area contributed by atoms with Crippen molar-refractivity contribution in [2.24, 2.45) is 0 Å². The Balaban J connectivity index is 1.76. The lowest BCUT2D eigenvalue weighted by atomic mass is 10.1. The first kappa shape index (κ1) is 14.1. The van der Waals surface area contributed by atoms with Crippen LogP contribution in [-0.2, 0) is 14.3 Å². The molecule has 6 nitrogen and oxygen atoms in total. The minimum atomic E-state index is -0.679. The number of hydrogen-bond donors (Lipinski definition) is 2. The van der Waals surface area contributed by atoms with Crippen LogP contribution in [0, 0.1) is 0 Å². The number of β-lactam (4-membered cyclic amide) rings is 1. The van der Waals surface area contributed by atoms with Gasteiger partial charge in [-0.05, 0) is 12.1 Å². The summed E-state index contributed by atoms with van der Waals surface area (Å²) in [4.78, 5) is 23.0. The largest absolute Gasteiger partial charge is 0.484 e. The van der Waals surface area contributed by atoms with Gasteiger partial charge in [0, 0.05) is 0 Å². The average Bonchev–Trinajstić information content (AvgIpc) is 2.48. The summed E-state index contributed by atoms with van der Waals surface area (Å²) in [6.45, 7) is 3.67. The molecule has 2 rings (SSSR count). The summed E-state index contributed by atoms with van der Waals surface area (Å²) in [5.41, 5.74) is 0. The first-order valence-corrected chi connectivity index (χ1v) is 6.21. The summed E-state index contributed by atoms with van der Waals surface area (Å²) in [5, 5.41) is 5.10. The van der Waals surface area contributed by atoms with Crippen LogP contribution in [-0.4, -0.2) is 37.3 Å². The molecule has 1 aromatic carbocycles. The fraction of sp³-hybridized carbons (Fsp3) is 0.286. The maximum atomic E-state index is 11.7. The molecule has 0 spiro atoms. The van der Waals surface area contributed by atoms with E-state index in [4.69, 9.17) is 9.47 Å². The Morgan fingerprint density at radius 2 is 2.15 bits per heavy atom. The van der Waals surface area contributed by atoms with Crippen molar-refractivity contribution in [2.45, 2.75) is 12.3 Å². The van der Waals surface area contributed by atoms with Gasteiger partial charge in [-0.2, -0.15) is 0 Å². The van der Waals surface area contributed by atoms with Crippen LogP contribution in [0.1, 0.15) is 0 Å². The van der Waals surface area contributed by atoms with Gasteiger partial charge in [-0.1, -0.05) is 24.3 Å². The van der Waals surface area contributed by atoms with Crippen molar-refractivity contribution in [1.82, 2.24) is 10.6 Å². The van der Waals surface area contributed by atoms with Crippen LogP contribution in [0.4, 0.5) is 0 Å². The van der Waals surface area contributed by atoms with Crippen molar-refractivity contribution in [1.29, 1.82) is 0 Å². The molecule has 2 atom stereocenters. The van der Waals surface area contributed by atoms with Crippen LogP contribution < -0.4 is 15.4 Å². The van der Waals surface area contributed by atoms with Crippen LogP contribution in [0.15, 0.2) is 43.0 Å². The number of ether oxygens (including phenoxy) is 2. The maximum absolute atomic E-state index is 11.7. The van der Waals surface area contributed by atoms with E-state index in [1.54, 1.807) is 18.2 Å². The molecule has 1 aromatic rings. The Bertz CT molecular complexity index is 489. The van der Waals surface area contributed by atoms with Crippen molar-refractivity contribution < 1.29 is 19.1 Å². The van der Waals surface area contributed by atoms with Crippen molar-refractivity contribution in [3.8, 4) is 5.75 Å². The fourth-order valence-electron chi connectivity index (χ4n) is 1.69. The third-order valence-electron chi connectivity index (χ3n) is 2.69. The van der Waals surface area contributed by atoms with E-state index < -0.39 is 12.3 Å². The molecule has 0 aliphatic carbocycles. The molecule has 1 heterocycles. The van der Waals surface area contributed by atoms with Gasteiger partial charge in [-0.3, -0.25) is 9.59 Å². The number of hydrogen-bond acceptors (Lipinski definition) is 4. The summed E-state index contributed by atoms with van der Waals surface area (Å²) in [5.74, 6) is -0.0480. The van der Waals surface area contributed by atoms with Crippen molar-refractivity contribution in [3.63, 3.8) is 0 Å². The molecule has 1 aliphatic rings. The second-order valence-corrected chi connectivity index (χ2v) is 4.20. The predicted molar refractivity (Wildman–Crippen MR) is 71.9 cm³/mol. The SMILES string of the molecule is C=CCO[C@@H]1NC(=O)[C@H]1NC(=O)COc1ccccc1. The molecular formula is C14H16N2O4. The van der Waals surface area contributed by atoms with Gasteiger partial charge in [0.25, 0.3) is 5.91 Å². The number of para-hydroxylation sites is 1. The third kappa shape index (κ3) is 3.58. The second-order valence-electron chi connectivity index (χ2n) is 4.20. The lowest BCUT2D eigenvalue weighted by Crippen LogP contribution is -2.70. The van der Waals surface area contributed by atoms with Crippen LogP contribution in [0.5, 0.6) is 5.75 Å². The smallest absolute Gasteiger partial charge is 0.258 e. The summed E-state index contributed by atoms with van der Waals surface area (Å²) in [7, 11) is 0. The molecule has 1 aliphatic heterocycles. The normalized spacial score (nSPS) is 20.5. The molecule has 2 N–H and O–H groups in total. The molecule has 0 aromatic heterocycles. The molecule has 2 amide bonds. The van der Waals surface area contributed by atoms with E-state index >= 15 is 0 Å². The van der Waals surface area contributed by atoms with E-state index in [2.05, 4.69) is 17.2 Å². The highest BCUT2D eigenvalue weighted by Gasteiger charge is 2.41. The van der Waals surface area contributed by atoms with E-state index in [0.29, 0.717) is 12.4 Å². The number of carbonyl (C=O) groups excluding carboxylic acids is 2. The Morgan fingerprint density at radius 1 is 1.40 bits per heavy atom. The first-order valence-electron chi connectivity index (χ1n) is 6.21. The van der Waals surface area contributed by atoms with Gasteiger partial charge in [0.15, 0.2) is 18.9 Å². The number of nitrogens with one attached hydrogen (secondary N) is 2. The number of rotatable bonds is 7. The van der Waals surface area contributed by atoms with E-state index in [-0.39, 0.29) is 18.4 Å². The first-order chi connectivity index (χ1) is 9.70. The molecule has 0 radical (unpaired) electrons. The Kier molecular flexibility index (Phi) is 4.73. The molecule has 0 bridgehead atoms. The molecule has 0 saturated carbocycles. The zero-order valence-electron chi connectivity index (χ0n) is 10.9. The highest BCUT2D eigenvalue weighted by molar-refractivity contribution is 5.93. The van der Waals surface area contributed by atoms with E-state index in [1.807, 2.05) is 18.2 Å². The minimum Gasteiger partial charge on any atom is -0.484 e. The Morgan fingerprint density at radius 3 is 2.80 bits per heavy atom. The fourth-order valence-corrected chi connectivity index (χ4v) is 1.69. The average molecular weight is 276 g/mol. The predicted octanol–water partition coefficient (Wildman–Crippen LogP) is 0.209.